The van der Waals surface area contributed by atoms with Gasteiger partial charge in [-0.15, -0.1) is 11.3 Å². The van der Waals surface area contributed by atoms with Crippen LogP contribution in [-0.4, -0.2) is 41.0 Å². The van der Waals surface area contributed by atoms with Gasteiger partial charge in [0.25, 0.3) is 0 Å². The van der Waals surface area contributed by atoms with Crippen molar-refractivity contribution in [3.05, 3.63) is 29.3 Å². The summed E-state index contributed by atoms with van der Waals surface area (Å²) >= 11 is 1.46. The summed E-state index contributed by atoms with van der Waals surface area (Å²) in [6, 6.07) is 5.31. The highest BCUT2D eigenvalue weighted by Gasteiger charge is 2.30. The van der Waals surface area contributed by atoms with Crippen molar-refractivity contribution in [2.45, 2.75) is 12.7 Å². The molecule has 0 aromatic carbocycles. The van der Waals surface area contributed by atoms with Gasteiger partial charge in [0.1, 0.15) is 0 Å². The Balaban J connectivity index is 2.03. The maximum atomic E-state index is 12.4. The third-order valence-electron chi connectivity index (χ3n) is 2.53. The lowest BCUT2D eigenvalue weighted by Gasteiger charge is -2.21. The summed E-state index contributed by atoms with van der Waals surface area (Å²) in [6.07, 6.45) is -4.31. The van der Waals surface area contributed by atoms with Crippen molar-refractivity contribution >= 4 is 11.3 Å². The number of alkyl halides is 3. The van der Waals surface area contributed by atoms with Crippen molar-refractivity contribution in [2.75, 3.05) is 19.7 Å². The van der Waals surface area contributed by atoms with E-state index in [9.17, 15) is 13.2 Å². The monoisotopic (exact) mass is 306 g/mol. The molecule has 0 fully saturated rings. The molecule has 1 N–H and O–H groups in total. The predicted octanol–water partition coefficient (Wildman–Crippen LogP) is 2.76. The van der Waals surface area contributed by atoms with E-state index >= 15 is 0 Å². The molecule has 0 spiro atoms. The minimum atomic E-state index is -4.31. The van der Waals surface area contributed by atoms with Gasteiger partial charge in [-0.2, -0.15) is 13.2 Å². The molecular weight excluding hydrogens is 293 g/mol. The van der Waals surface area contributed by atoms with Crippen LogP contribution in [0.25, 0.3) is 10.6 Å². The highest BCUT2D eigenvalue weighted by molar-refractivity contribution is 7.13. The van der Waals surface area contributed by atoms with Crippen molar-refractivity contribution in [1.82, 2.24) is 10.1 Å². The van der Waals surface area contributed by atoms with Crippen LogP contribution in [0.15, 0.2) is 28.1 Å². The second-order valence-corrected chi connectivity index (χ2v) is 5.16. The lowest BCUT2D eigenvalue weighted by molar-refractivity contribution is -0.148. The zero-order valence-corrected chi connectivity index (χ0v) is 11.2. The normalized spacial score (nSPS) is 12.2. The summed E-state index contributed by atoms with van der Waals surface area (Å²) in [4.78, 5) is 1.95. The molecule has 0 radical (unpaired) electrons. The number of aliphatic hydroxyl groups excluding tert-OH is 1. The van der Waals surface area contributed by atoms with Gasteiger partial charge in [0.05, 0.1) is 23.7 Å². The molecule has 2 aromatic rings. The van der Waals surface area contributed by atoms with Crippen LogP contribution in [0, 0.1) is 0 Å². The summed E-state index contributed by atoms with van der Waals surface area (Å²) < 4.78 is 42.3. The molecular formula is C12H13F3N2O2S. The number of hydrogen-bond donors (Lipinski definition) is 1. The zero-order valence-electron chi connectivity index (χ0n) is 10.4. The molecule has 20 heavy (non-hydrogen) atoms. The Labute approximate surface area is 117 Å². The fourth-order valence-corrected chi connectivity index (χ4v) is 2.43. The topological polar surface area (TPSA) is 49.5 Å². The van der Waals surface area contributed by atoms with Gasteiger partial charge in [0.2, 0.25) is 0 Å². The van der Waals surface area contributed by atoms with Gasteiger partial charge < -0.3 is 9.63 Å². The van der Waals surface area contributed by atoms with Crippen LogP contribution in [0.2, 0.25) is 0 Å². The van der Waals surface area contributed by atoms with Gasteiger partial charge in [-0.1, -0.05) is 11.2 Å². The molecule has 0 bridgehead atoms. The highest BCUT2D eigenvalue weighted by Crippen LogP contribution is 2.26. The number of aromatic nitrogens is 1. The summed E-state index contributed by atoms with van der Waals surface area (Å²) in [5.41, 5.74) is 0.408. The standard InChI is InChI=1S/C12H13F3N2O2S/c13-12(14,15)8-17(3-4-18)7-9-6-10(19-16-9)11-2-1-5-20-11/h1-2,5-6,18H,3-4,7-8H2. The maximum absolute atomic E-state index is 12.4. The third-order valence-corrected chi connectivity index (χ3v) is 3.41. The second-order valence-electron chi connectivity index (χ2n) is 4.21. The van der Waals surface area contributed by atoms with Crippen molar-refractivity contribution in [3.8, 4) is 10.6 Å². The quantitative estimate of drug-likeness (QED) is 0.891. The molecule has 0 unspecified atom stereocenters. The van der Waals surface area contributed by atoms with Gasteiger partial charge in [0.15, 0.2) is 5.76 Å². The molecule has 0 aliphatic heterocycles. The minimum Gasteiger partial charge on any atom is -0.395 e. The van der Waals surface area contributed by atoms with Crippen LogP contribution in [0.1, 0.15) is 5.69 Å². The molecule has 8 heteroatoms. The molecule has 2 rings (SSSR count). The van der Waals surface area contributed by atoms with Crippen LogP contribution in [0.3, 0.4) is 0 Å². The summed E-state index contributed by atoms with van der Waals surface area (Å²) in [5, 5.41) is 14.5. The molecule has 2 aromatic heterocycles. The lowest BCUT2D eigenvalue weighted by Crippen LogP contribution is -2.35. The molecule has 0 aliphatic carbocycles. The Morgan fingerprint density at radius 2 is 2.20 bits per heavy atom. The van der Waals surface area contributed by atoms with Gasteiger partial charge in [-0.25, -0.2) is 0 Å². The number of thiophene rings is 1. The van der Waals surface area contributed by atoms with Gasteiger partial charge in [-0.05, 0) is 11.4 Å². The van der Waals surface area contributed by atoms with E-state index in [1.54, 1.807) is 6.07 Å². The largest absolute Gasteiger partial charge is 0.401 e. The van der Waals surface area contributed by atoms with E-state index in [0.717, 1.165) is 9.78 Å². The summed E-state index contributed by atoms with van der Waals surface area (Å²) in [7, 11) is 0. The van der Waals surface area contributed by atoms with E-state index in [2.05, 4.69) is 5.16 Å². The first-order valence-electron chi connectivity index (χ1n) is 5.87. The Bertz CT molecular complexity index is 525. The van der Waals surface area contributed by atoms with Crippen LogP contribution >= 0.6 is 11.3 Å². The predicted molar refractivity (Wildman–Crippen MR) is 68.2 cm³/mol. The number of aliphatic hydroxyl groups is 1. The van der Waals surface area contributed by atoms with E-state index in [1.165, 1.54) is 11.3 Å². The first-order valence-corrected chi connectivity index (χ1v) is 6.75. The number of hydrogen-bond acceptors (Lipinski definition) is 5. The molecule has 4 nitrogen and oxygen atoms in total. The van der Waals surface area contributed by atoms with Crippen LogP contribution in [0.4, 0.5) is 13.2 Å². The average molecular weight is 306 g/mol. The number of rotatable bonds is 6. The number of nitrogens with zero attached hydrogens (tertiary/aromatic N) is 2. The van der Waals surface area contributed by atoms with E-state index < -0.39 is 12.7 Å². The fourth-order valence-electron chi connectivity index (χ4n) is 1.76. The Hall–Kier alpha value is -1.38. The number of halogens is 3. The van der Waals surface area contributed by atoms with E-state index in [-0.39, 0.29) is 19.7 Å². The summed E-state index contributed by atoms with van der Waals surface area (Å²) in [6.45, 7) is -1.52. The van der Waals surface area contributed by atoms with Crippen LogP contribution in [-0.2, 0) is 6.54 Å². The maximum Gasteiger partial charge on any atom is 0.401 e. The van der Waals surface area contributed by atoms with Crippen molar-refractivity contribution in [2.24, 2.45) is 0 Å². The smallest absolute Gasteiger partial charge is 0.395 e. The zero-order chi connectivity index (χ0) is 14.6. The van der Waals surface area contributed by atoms with E-state index in [4.69, 9.17) is 9.63 Å². The van der Waals surface area contributed by atoms with Gasteiger partial charge in [0, 0.05) is 19.2 Å². The molecule has 110 valence electrons. The Kier molecular flexibility index (Phi) is 4.79. The SMILES string of the molecule is OCCN(Cc1cc(-c2cccs2)on1)CC(F)(F)F. The molecule has 0 saturated carbocycles. The first-order chi connectivity index (χ1) is 9.48. The average Bonchev–Trinajstić information content (AvgIpc) is 2.96. The molecule has 0 aliphatic rings. The minimum absolute atomic E-state index is 0.0189. The molecule has 0 amide bonds. The molecule has 0 saturated heterocycles. The van der Waals surface area contributed by atoms with Crippen molar-refractivity contribution < 1.29 is 22.8 Å². The van der Waals surface area contributed by atoms with Crippen molar-refractivity contribution in [3.63, 3.8) is 0 Å². The van der Waals surface area contributed by atoms with Crippen LogP contribution in [0.5, 0.6) is 0 Å². The highest BCUT2D eigenvalue weighted by atomic mass is 32.1. The third kappa shape index (κ3) is 4.32. The Morgan fingerprint density at radius 1 is 1.40 bits per heavy atom. The van der Waals surface area contributed by atoms with Crippen LogP contribution < -0.4 is 0 Å². The summed E-state index contributed by atoms with van der Waals surface area (Å²) in [5.74, 6) is 0.533. The lowest BCUT2D eigenvalue weighted by atomic mass is 10.3. The fraction of sp³-hybridized carbons (Fsp3) is 0.417. The first kappa shape index (κ1) is 15.0. The molecule has 2 heterocycles. The van der Waals surface area contributed by atoms with Crippen molar-refractivity contribution in [1.29, 1.82) is 0 Å². The van der Waals surface area contributed by atoms with Gasteiger partial charge >= 0.3 is 6.18 Å². The second kappa shape index (κ2) is 6.38. The Morgan fingerprint density at radius 3 is 2.80 bits per heavy atom. The molecule has 0 atom stereocenters. The van der Waals surface area contributed by atoms with E-state index in [1.807, 2.05) is 17.5 Å². The van der Waals surface area contributed by atoms with Gasteiger partial charge in [-0.3, -0.25) is 4.90 Å². The van der Waals surface area contributed by atoms with E-state index in [0.29, 0.717) is 11.5 Å².